The van der Waals surface area contributed by atoms with Gasteiger partial charge in [0.2, 0.25) is 0 Å². The summed E-state index contributed by atoms with van der Waals surface area (Å²) in [5.74, 6) is 1.12. The molecular formula is C4H12N2Si. The third-order valence-electron chi connectivity index (χ3n) is 0.827. The molecule has 0 bridgehead atoms. The average Bonchev–Trinajstić information content (AvgIpc) is 1.72. The first kappa shape index (κ1) is 6.56. The van der Waals surface area contributed by atoms with Gasteiger partial charge in [-0.3, -0.25) is 0 Å². The summed E-state index contributed by atoms with van der Waals surface area (Å²) < 4.78 is 0. The lowest BCUT2D eigenvalue weighted by atomic mass is 10.8. The van der Waals surface area contributed by atoms with Crippen molar-refractivity contribution in [3.63, 3.8) is 0 Å². The maximum atomic E-state index is 2.99. The fourth-order valence-electron chi connectivity index (χ4n) is 0.414. The zero-order chi connectivity index (χ0) is 5.70. The van der Waals surface area contributed by atoms with Gasteiger partial charge in [-0.15, -0.1) is 0 Å². The van der Waals surface area contributed by atoms with E-state index in [1.165, 1.54) is 0 Å². The second-order valence-corrected chi connectivity index (χ2v) is 1.78. The van der Waals surface area contributed by atoms with Gasteiger partial charge in [-0.1, -0.05) is 5.70 Å². The fraction of sp³-hybridized carbons (Fsp3) is 0.500. The van der Waals surface area contributed by atoms with Crippen LogP contribution in [0.25, 0.3) is 0 Å². The van der Waals surface area contributed by atoms with E-state index in [4.69, 9.17) is 0 Å². The molecule has 0 rings (SSSR count). The molecule has 0 aromatic rings. The third kappa shape index (κ3) is 2.28. The Morgan fingerprint density at radius 1 is 1.43 bits per heavy atom. The highest BCUT2D eigenvalue weighted by atomic mass is 28.1. The van der Waals surface area contributed by atoms with Gasteiger partial charge in [0.25, 0.3) is 0 Å². The zero-order valence-corrected chi connectivity index (χ0v) is 7.08. The topological polar surface area (TPSA) is 24.1 Å². The molecule has 0 saturated carbocycles. The SMILES string of the molecule is CNC(=C[SiH3])NC. The van der Waals surface area contributed by atoms with Crippen LogP contribution in [0.4, 0.5) is 0 Å². The predicted octanol–water partition coefficient (Wildman–Crippen LogP) is -1.41. The van der Waals surface area contributed by atoms with Crippen LogP contribution in [0.3, 0.4) is 0 Å². The summed E-state index contributed by atoms with van der Waals surface area (Å²) in [6.07, 6.45) is 0. The monoisotopic (exact) mass is 116 g/mol. The Kier molecular flexibility index (Phi) is 3.50. The number of hydrogen-bond acceptors (Lipinski definition) is 2. The Morgan fingerprint density at radius 2 is 1.86 bits per heavy atom. The zero-order valence-electron chi connectivity index (χ0n) is 5.08. The van der Waals surface area contributed by atoms with Crippen LogP contribution in [-0.2, 0) is 0 Å². The largest absolute Gasteiger partial charge is 0.376 e. The van der Waals surface area contributed by atoms with Crippen LogP contribution in [0.1, 0.15) is 0 Å². The van der Waals surface area contributed by atoms with E-state index in [-0.39, 0.29) is 0 Å². The minimum atomic E-state index is 1.10. The lowest BCUT2D eigenvalue weighted by Crippen LogP contribution is -2.18. The first-order chi connectivity index (χ1) is 3.35. The van der Waals surface area contributed by atoms with E-state index in [0.717, 1.165) is 16.1 Å². The molecule has 0 aromatic heterocycles. The Hall–Kier alpha value is -0.443. The molecule has 0 aliphatic rings. The minimum absolute atomic E-state index is 1.10. The van der Waals surface area contributed by atoms with Crippen molar-refractivity contribution in [2.45, 2.75) is 0 Å². The summed E-state index contributed by atoms with van der Waals surface area (Å²) in [7, 11) is 4.91. The van der Waals surface area contributed by atoms with Crippen LogP contribution in [0.2, 0.25) is 0 Å². The van der Waals surface area contributed by atoms with Crippen LogP contribution in [0, 0.1) is 0 Å². The van der Waals surface area contributed by atoms with Gasteiger partial charge in [-0.05, 0) is 0 Å². The lowest BCUT2D eigenvalue weighted by molar-refractivity contribution is 0.841. The highest BCUT2D eigenvalue weighted by molar-refractivity contribution is 6.17. The Morgan fingerprint density at radius 3 is 1.86 bits per heavy atom. The van der Waals surface area contributed by atoms with Crippen molar-refractivity contribution in [1.82, 2.24) is 10.6 Å². The van der Waals surface area contributed by atoms with Crippen LogP contribution >= 0.6 is 0 Å². The van der Waals surface area contributed by atoms with Crippen molar-refractivity contribution in [3.8, 4) is 0 Å². The summed E-state index contributed by atoms with van der Waals surface area (Å²) in [4.78, 5) is 0. The molecule has 0 radical (unpaired) electrons. The maximum absolute atomic E-state index is 2.99. The van der Waals surface area contributed by atoms with Crippen LogP contribution in [0.5, 0.6) is 0 Å². The van der Waals surface area contributed by atoms with Crippen molar-refractivity contribution in [3.05, 3.63) is 11.5 Å². The Bertz CT molecular complexity index is 64.1. The van der Waals surface area contributed by atoms with Crippen LogP contribution < -0.4 is 10.6 Å². The van der Waals surface area contributed by atoms with Crippen molar-refractivity contribution < 1.29 is 0 Å². The Labute approximate surface area is 47.4 Å². The number of hydrogen-bond donors (Lipinski definition) is 2. The molecule has 3 heteroatoms. The maximum Gasteiger partial charge on any atom is 0.0890 e. The second-order valence-electron chi connectivity index (χ2n) is 1.20. The molecule has 0 saturated heterocycles. The van der Waals surface area contributed by atoms with Crippen molar-refractivity contribution in [1.29, 1.82) is 0 Å². The highest BCUT2D eigenvalue weighted by Gasteiger charge is 1.77. The van der Waals surface area contributed by atoms with Crippen molar-refractivity contribution in [2.75, 3.05) is 14.1 Å². The molecular weight excluding hydrogens is 104 g/mol. The molecule has 0 fully saturated rings. The minimum Gasteiger partial charge on any atom is -0.376 e. The van der Waals surface area contributed by atoms with Gasteiger partial charge in [0, 0.05) is 24.3 Å². The van der Waals surface area contributed by atoms with Gasteiger partial charge in [0.1, 0.15) is 0 Å². The van der Waals surface area contributed by atoms with Gasteiger partial charge >= 0.3 is 0 Å². The lowest BCUT2D eigenvalue weighted by Gasteiger charge is -2.01. The summed E-state index contributed by atoms with van der Waals surface area (Å²) in [5.41, 5.74) is 2.11. The molecule has 0 unspecified atom stereocenters. The van der Waals surface area contributed by atoms with Crippen LogP contribution in [-0.4, -0.2) is 24.3 Å². The van der Waals surface area contributed by atoms with E-state index >= 15 is 0 Å². The molecule has 7 heavy (non-hydrogen) atoms. The second kappa shape index (κ2) is 3.74. The Balaban J connectivity index is 3.38. The standard InChI is InChI=1S/C4H12N2Si/c1-5-4(3-7)6-2/h3,5-6H,1-2,7H3. The predicted molar refractivity (Wildman–Crippen MR) is 36.1 cm³/mol. The van der Waals surface area contributed by atoms with Gasteiger partial charge in [-0.2, -0.15) is 0 Å². The molecule has 0 heterocycles. The molecule has 2 nitrogen and oxygen atoms in total. The van der Waals surface area contributed by atoms with E-state index in [1.54, 1.807) is 0 Å². The van der Waals surface area contributed by atoms with E-state index in [9.17, 15) is 0 Å². The number of nitrogens with one attached hydrogen (secondary N) is 2. The highest BCUT2D eigenvalue weighted by Crippen LogP contribution is 1.70. The molecule has 0 spiro atoms. The normalized spacial score (nSPS) is 7.71. The van der Waals surface area contributed by atoms with Crippen molar-refractivity contribution in [2.24, 2.45) is 0 Å². The van der Waals surface area contributed by atoms with Gasteiger partial charge in [-0.25, -0.2) is 0 Å². The molecule has 0 atom stereocenters. The van der Waals surface area contributed by atoms with E-state index in [1.807, 2.05) is 14.1 Å². The molecule has 0 aromatic carbocycles. The summed E-state index contributed by atoms with van der Waals surface area (Å²) in [6, 6.07) is 0. The molecule has 2 N–H and O–H groups in total. The summed E-state index contributed by atoms with van der Waals surface area (Å²) in [6.45, 7) is 0. The average molecular weight is 116 g/mol. The van der Waals surface area contributed by atoms with E-state index in [0.29, 0.717) is 0 Å². The number of rotatable bonds is 2. The molecule has 0 aliphatic carbocycles. The van der Waals surface area contributed by atoms with Crippen molar-refractivity contribution >= 4 is 10.2 Å². The smallest absolute Gasteiger partial charge is 0.0890 e. The fourth-order valence-corrected chi connectivity index (χ4v) is 0.991. The molecule has 0 amide bonds. The van der Waals surface area contributed by atoms with E-state index in [2.05, 4.69) is 16.3 Å². The quantitative estimate of drug-likeness (QED) is 0.433. The molecule has 42 valence electrons. The first-order valence-corrected chi connectivity index (χ1v) is 3.52. The van der Waals surface area contributed by atoms with E-state index < -0.39 is 0 Å². The third-order valence-corrected chi connectivity index (χ3v) is 1.40. The van der Waals surface area contributed by atoms with Gasteiger partial charge < -0.3 is 10.6 Å². The van der Waals surface area contributed by atoms with Gasteiger partial charge in [0.15, 0.2) is 0 Å². The summed E-state index contributed by atoms with van der Waals surface area (Å²) >= 11 is 0. The summed E-state index contributed by atoms with van der Waals surface area (Å²) in [5, 5.41) is 5.97. The first-order valence-electron chi connectivity index (χ1n) is 2.37. The van der Waals surface area contributed by atoms with Crippen LogP contribution in [0.15, 0.2) is 11.5 Å². The van der Waals surface area contributed by atoms with Gasteiger partial charge in [0.05, 0.1) is 5.82 Å². The molecule has 0 aliphatic heterocycles.